The number of rotatable bonds is 0. The molecule has 2 heterocycles. The maximum absolute atomic E-state index is 11.9. The predicted molar refractivity (Wildman–Crippen MR) is 67.0 cm³/mol. The third kappa shape index (κ3) is 1.74. The van der Waals surface area contributed by atoms with Gasteiger partial charge in [0.1, 0.15) is 5.75 Å². The second-order valence-corrected chi connectivity index (χ2v) is 5.18. The first-order chi connectivity index (χ1) is 8.15. The molecule has 0 bridgehead atoms. The molecule has 17 heavy (non-hydrogen) atoms. The summed E-state index contributed by atoms with van der Waals surface area (Å²) in [5, 5.41) is 5.83. The molecule has 0 saturated heterocycles. The van der Waals surface area contributed by atoms with Gasteiger partial charge in [-0.1, -0.05) is 15.9 Å². The Morgan fingerprint density at radius 2 is 2.35 bits per heavy atom. The van der Waals surface area contributed by atoms with Crippen LogP contribution in [-0.4, -0.2) is 23.2 Å². The molecule has 2 aliphatic heterocycles. The number of ether oxygens (including phenoxy) is 1. The van der Waals surface area contributed by atoms with Crippen molar-refractivity contribution in [2.75, 3.05) is 6.61 Å². The minimum Gasteiger partial charge on any atom is -0.483 e. The van der Waals surface area contributed by atoms with Gasteiger partial charge in [0, 0.05) is 22.2 Å². The van der Waals surface area contributed by atoms with E-state index in [9.17, 15) is 4.79 Å². The molecule has 3 rings (SSSR count). The zero-order valence-corrected chi connectivity index (χ0v) is 10.9. The fourth-order valence-corrected chi connectivity index (χ4v) is 2.63. The van der Waals surface area contributed by atoms with E-state index in [1.54, 1.807) is 5.01 Å². The van der Waals surface area contributed by atoms with E-state index in [0.29, 0.717) is 0 Å². The molecule has 0 N–H and O–H groups in total. The SMILES string of the molecule is CC1=NN2C(=O)COc3ccc(Br)cc3C2C1. The molecule has 5 heteroatoms. The summed E-state index contributed by atoms with van der Waals surface area (Å²) in [6, 6.07) is 5.79. The largest absolute Gasteiger partial charge is 0.483 e. The van der Waals surface area contributed by atoms with E-state index in [2.05, 4.69) is 21.0 Å². The quantitative estimate of drug-likeness (QED) is 0.738. The predicted octanol–water partition coefficient (Wildman–Crippen LogP) is 2.49. The van der Waals surface area contributed by atoms with Gasteiger partial charge in [-0.05, 0) is 25.1 Å². The highest BCUT2D eigenvalue weighted by Gasteiger charge is 2.35. The summed E-state index contributed by atoms with van der Waals surface area (Å²) >= 11 is 3.45. The molecule has 0 fully saturated rings. The lowest BCUT2D eigenvalue weighted by Crippen LogP contribution is -2.28. The third-order valence-electron chi connectivity index (χ3n) is 3.00. The highest BCUT2D eigenvalue weighted by Crippen LogP contribution is 2.39. The number of amides is 1. The number of hydrogen-bond donors (Lipinski definition) is 0. The molecule has 1 aromatic carbocycles. The first kappa shape index (κ1) is 10.8. The van der Waals surface area contributed by atoms with Crippen molar-refractivity contribution < 1.29 is 9.53 Å². The van der Waals surface area contributed by atoms with E-state index in [1.165, 1.54) is 0 Å². The van der Waals surface area contributed by atoms with Crippen LogP contribution in [0.2, 0.25) is 0 Å². The number of fused-ring (bicyclic) bond motifs is 3. The first-order valence-electron chi connectivity index (χ1n) is 5.43. The molecule has 1 aromatic rings. The fraction of sp³-hybridized carbons (Fsp3) is 0.333. The van der Waals surface area contributed by atoms with Crippen molar-refractivity contribution in [1.29, 1.82) is 0 Å². The van der Waals surface area contributed by atoms with Crippen LogP contribution in [0, 0.1) is 0 Å². The molecule has 0 aromatic heterocycles. The Morgan fingerprint density at radius 1 is 1.53 bits per heavy atom. The van der Waals surface area contributed by atoms with Gasteiger partial charge in [0.25, 0.3) is 5.91 Å². The minimum absolute atomic E-state index is 0.0162. The highest BCUT2D eigenvalue weighted by atomic mass is 79.9. The molecule has 0 aliphatic carbocycles. The van der Waals surface area contributed by atoms with Gasteiger partial charge in [0.2, 0.25) is 0 Å². The maximum Gasteiger partial charge on any atom is 0.281 e. The Hall–Kier alpha value is -1.36. The molecule has 0 saturated carbocycles. The third-order valence-corrected chi connectivity index (χ3v) is 3.49. The van der Waals surface area contributed by atoms with Crippen LogP contribution in [0.1, 0.15) is 24.9 Å². The summed E-state index contributed by atoms with van der Waals surface area (Å²) in [5.41, 5.74) is 2.00. The normalized spacial score (nSPS) is 22.5. The van der Waals surface area contributed by atoms with Gasteiger partial charge in [0.15, 0.2) is 6.61 Å². The van der Waals surface area contributed by atoms with Crippen LogP contribution in [0.25, 0.3) is 0 Å². The van der Waals surface area contributed by atoms with E-state index in [4.69, 9.17) is 4.74 Å². The molecule has 4 nitrogen and oxygen atoms in total. The average Bonchev–Trinajstić information content (AvgIpc) is 2.64. The maximum atomic E-state index is 11.9. The van der Waals surface area contributed by atoms with Crippen molar-refractivity contribution in [1.82, 2.24) is 5.01 Å². The summed E-state index contributed by atoms with van der Waals surface area (Å²) in [5.74, 6) is 0.693. The fourth-order valence-electron chi connectivity index (χ4n) is 2.25. The van der Waals surface area contributed by atoms with Crippen molar-refractivity contribution >= 4 is 27.5 Å². The van der Waals surface area contributed by atoms with Crippen LogP contribution in [-0.2, 0) is 4.79 Å². The van der Waals surface area contributed by atoms with Crippen molar-refractivity contribution in [3.05, 3.63) is 28.2 Å². The Morgan fingerprint density at radius 3 is 3.18 bits per heavy atom. The number of carbonyl (C=O) groups is 1. The van der Waals surface area contributed by atoms with Crippen LogP contribution in [0.5, 0.6) is 5.75 Å². The van der Waals surface area contributed by atoms with Gasteiger partial charge in [-0.3, -0.25) is 4.79 Å². The first-order valence-corrected chi connectivity index (χ1v) is 6.23. The topological polar surface area (TPSA) is 41.9 Å². The van der Waals surface area contributed by atoms with Crippen molar-refractivity contribution in [3.8, 4) is 5.75 Å². The lowest BCUT2D eigenvalue weighted by molar-refractivity contribution is -0.134. The minimum atomic E-state index is -0.0841. The molecular weight excluding hydrogens is 284 g/mol. The average molecular weight is 295 g/mol. The number of benzene rings is 1. The molecular formula is C12H11BrN2O2. The van der Waals surface area contributed by atoms with Gasteiger partial charge >= 0.3 is 0 Å². The van der Waals surface area contributed by atoms with Crippen molar-refractivity contribution in [2.45, 2.75) is 19.4 Å². The van der Waals surface area contributed by atoms with Crippen molar-refractivity contribution in [2.24, 2.45) is 5.10 Å². The molecule has 1 amide bonds. The van der Waals surface area contributed by atoms with Gasteiger partial charge in [-0.15, -0.1) is 0 Å². The smallest absolute Gasteiger partial charge is 0.281 e. The highest BCUT2D eigenvalue weighted by molar-refractivity contribution is 9.10. The van der Waals surface area contributed by atoms with Gasteiger partial charge < -0.3 is 4.74 Å². The summed E-state index contributed by atoms with van der Waals surface area (Å²) in [7, 11) is 0. The second-order valence-electron chi connectivity index (χ2n) is 4.26. The lowest BCUT2D eigenvalue weighted by atomic mass is 10.0. The van der Waals surface area contributed by atoms with E-state index in [1.807, 2.05) is 25.1 Å². The van der Waals surface area contributed by atoms with E-state index in [0.717, 1.165) is 27.9 Å². The zero-order valence-electron chi connectivity index (χ0n) is 9.31. The number of hydrazone groups is 1. The van der Waals surface area contributed by atoms with Crippen molar-refractivity contribution in [3.63, 3.8) is 0 Å². The standard InChI is InChI=1S/C12H11BrN2O2/c1-7-4-10-9-5-8(13)2-3-11(9)17-6-12(16)15(10)14-7/h2-3,5,10H,4,6H2,1H3. The van der Waals surface area contributed by atoms with E-state index < -0.39 is 0 Å². The summed E-state index contributed by atoms with van der Waals surface area (Å²) in [6.07, 6.45) is 0.776. The van der Waals surface area contributed by atoms with E-state index >= 15 is 0 Å². The van der Waals surface area contributed by atoms with Gasteiger partial charge in [-0.2, -0.15) is 5.10 Å². The molecule has 1 atom stereocenters. The number of nitrogens with zero attached hydrogens (tertiary/aromatic N) is 2. The van der Waals surface area contributed by atoms with Crippen LogP contribution < -0.4 is 4.74 Å². The molecule has 88 valence electrons. The number of hydrogen-bond acceptors (Lipinski definition) is 3. The number of carbonyl (C=O) groups excluding carboxylic acids is 1. The molecule has 0 spiro atoms. The molecule has 1 unspecified atom stereocenters. The Balaban J connectivity index is 2.11. The van der Waals surface area contributed by atoms with Crippen LogP contribution in [0.15, 0.2) is 27.8 Å². The summed E-state index contributed by atoms with van der Waals surface area (Å²) < 4.78 is 6.49. The number of halogens is 1. The van der Waals surface area contributed by atoms with Gasteiger partial charge in [-0.25, -0.2) is 5.01 Å². The Bertz CT molecular complexity index is 527. The van der Waals surface area contributed by atoms with Crippen LogP contribution in [0.3, 0.4) is 0 Å². The molecule has 0 radical (unpaired) electrons. The van der Waals surface area contributed by atoms with Crippen LogP contribution >= 0.6 is 15.9 Å². The molecule has 2 aliphatic rings. The monoisotopic (exact) mass is 294 g/mol. The lowest BCUT2D eigenvalue weighted by Gasteiger charge is -2.18. The van der Waals surface area contributed by atoms with Crippen LogP contribution in [0.4, 0.5) is 0 Å². The Labute approximate surface area is 107 Å². The summed E-state index contributed by atoms with van der Waals surface area (Å²) in [6.45, 7) is 2.00. The summed E-state index contributed by atoms with van der Waals surface area (Å²) in [4.78, 5) is 11.9. The zero-order chi connectivity index (χ0) is 12.0. The second kappa shape index (κ2) is 3.84. The van der Waals surface area contributed by atoms with E-state index in [-0.39, 0.29) is 18.6 Å². The van der Waals surface area contributed by atoms with Gasteiger partial charge in [0.05, 0.1) is 6.04 Å². The Kier molecular flexibility index (Phi) is 2.43.